The predicted molar refractivity (Wildman–Crippen MR) is 124 cm³/mol. The maximum absolute atomic E-state index is 13.3. The van der Waals surface area contributed by atoms with E-state index in [9.17, 15) is 4.79 Å². The van der Waals surface area contributed by atoms with Gasteiger partial charge >= 0.3 is 0 Å². The molecule has 3 nitrogen and oxygen atoms in total. The van der Waals surface area contributed by atoms with Gasteiger partial charge in [0.25, 0.3) is 5.56 Å². The van der Waals surface area contributed by atoms with Crippen molar-refractivity contribution in [2.45, 2.75) is 12.8 Å². The molecule has 0 atom stereocenters. The van der Waals surface area contributed by atoms with Crippen molar-refractivity contribution in [2.24, 2.45) is 0 Å². The summed E-state index contributed by atoms with van der Waals surface area (Å²) >= 11 is 1.58. The molecule has 4 heteroatoms. The van der Waals surface area contributed by atoms with E-state index in [1.165, 1.54) is 0 Å². The molecular weight excluding hydrogens is 388 g/mol. The third-order valence-electron chi connectivity index (χ3n) is 5.36. The number of thiophene rings is 1. The van der Waals surface area contributed by atoms with Crippen molar-refractivity contribution < 1.29 is 0 Å². The second kappa shape index (κ2) is 7.73. The summed E-state index contributed by atoms with van der Waals surface area (Å²) in [6.07, 6.45) is 0. The Morgan fingerprint density at radius 3 is 1.90 bits per heavy atom. The Morgan fingerprint density at radius 1 is 0.800 bits per heavy atom. The van der Waals surface area contributed by atoms with E-state index < -0.39 is 0 Å². The van der Waals surface area contributed by atoms with Gasteiger partial charge in [0.1, 0.15) is 10.7 Å². The second-order valence-electron chi connectivity index (χ2n) is 7.28. The summed E-state index contributed by atoms with van der Waals surface area (Å²) in [5.74, 6) is 0.540. The largest absolute Gasteiger partial charge is 0.309 e. The first kappa shape index (κ1) is 18.5. The molecule has 0 fully saturated rings. The molecule has 0 radical (unpaired) electrons. The molecule has 146 valence electrons. The van der Waals surface area contributed by atoms with Crippen LogP contribution in [0, 0.1) is 6.92 Å². The van der Waals surface area contributed by atoms with Crippen LogP contribution in [-0.4, -0.2) is 9.97 Å². The van der Waals surface area contributed by atoms with Crippen molar-refractivity contribution in [3.63, 3.8) is 0 Å². The molecule has 5 aromatic rings. The van der Waals surface area contributed by atoms with Crippen LogP contribution < -0.4 is 5.56 Å². The molecule has 1 N–H and O–H groups in total. The fourth-order valence-corrected chi connectivity index (χ4v) is 5.08. The van der Waals surface area contributed by atoms with Gasteiger partial charge in [-0.1, -0.05) is 91.0 Å². The first-order valence-electron chi connectivity index (χ1n) is 9.91. The minimum absolute atomic E-state index is 0.0879. The van der Waals surface area contributed by atoms with Gasteiger partial charge in [-0.05, 0) is 23.6 Å². The number of H-pyrrole nitrogens is 1. The Kier molecular flexibility index (Phi) is 4.77. The smallest absolute Gasteiger partial charge is 0.260 e. The number of rotatable bonds is 4. The van der Waals surface area contributed by atoms with E-state index in [1.54, 1.807) is 11.3 Å². The lowest BCUT2D eigenvalue weighted by Crippen LogP contribution is -2.16. The number of nitrogens with one attached hydrogen (secondary N) is 1. The summed E-state index contributed by atoms with van der Waals surface area (Å²) in [6, 6.07) is 30.4. The number of benzene rings is 3. The van der Waals surface area contributed by atoms with Gasteiger partial charge in [0.15, 0.2) is 0 Å². The first-order valence-corrected chi connectivity index (χ1v) is 10.7. The van der Waals surface area contributed by atoms with E-state index >= 15 is 0 Å². The van der Waals surface area contributed by atoms with Crippen LogP contribution in [0.25, 0.3) is 21.3 Å². The highest BCUT2D eigenvalue weighted by Crippen LogP contribution is 2.37. The quantitative estimate of drug-likeness (QED) is 0.388. The van der Waals surface area contributed by atoms with Crippen LogP contribution in [0.2, 0.25) is 0 Å². The van der Waals surface area contributed by atoms with Gasteiger partial charge in [-0.15, -0.1) is 11.3 Å². The number of aromatic amines is 1. The first-order chi connectivity index (χ1) is 14.7. The SMILES string of the molecule is Cc1sc2nc(C(c3ccccc3)c3ccccc3)[nH]c(=O)c2c1-c1ccccc1. The standard InChI is InChI=1S/C26H20N2OS/c1-17-21(18-11-5-2-6-12-18)23-25(29)27-24(28-26(23)30-17)22(19-13-7-3-8-14-19)20-15-9-4-10-16-20/h2-16,22H,1H3,(H,27,28,29). The Labute approximate surface area is 178 Å². The van der Waals surface area contributed by atoms with Crippen LogP contribution in [0.4, 0.5) is 0 Å². The highest BCUT2D eigenvalue weighted by atomic mass is 32.1. The van der Waals surface area contributed by atoms with E-state index in [1.807, 2.05) is 66.7 Å². The fraction of sp³-hybridized carbons (Fsp3) is 0.0769. The molecule has 0 spiro atoms. The second-order valence-corrected chi connectivity index (χ2v) is 8.49. The van der Waals surface area contributed by atoms with Crippen molar-refractivity contribution in [3.8, 4) is 11.1 Å². The van der Waals surface area contributed by atoms with Gasteiger partial charge in [0.2, 0.25) is 0 Å². The minimum atomic E-state index is -0.132. The van der Waals surface area contributed by atoms with Crippen LogP contribution in [0.5, 0.6) is 0 Å². The van der Waals surface area contributed by atoms with E-state index in [4.69, 9.17) is 4.98 Å². The maximum atomic E-state index is 13.3. The van der Waals surface area contributed by atoms with Gasteiger partial charge in [0, 0.05) is 10.4 Å². The van der Waals surface area contributed by atoms with Gasteiger partial charge in [-0.25, -0.2) is 4.98 Å². The topological polar surface area (TPSA) is 45.8 Å². The van der Waals surface area contributed by atoms with Gasteiger partial charge in [-0.2, -0.15) is 0 Å². The zero-order valence-electron chi connectivity index (χ0n) is 16.5. The van der Waals surface area contributed by atoms with Crippen molar-refractivity contribution in [1.29, 1.82) is 0 Å². The molecule has 0 amide bonds. The lowest BCUT2D eigenvalue weighted by Gasteiger charge is -2.17. The molecule has 3 aromatic carbocycles. The number of fused-ring (bicyclic) bond motifs is 1. The van der Waals surface area contributed by atoms with E-state index in [-0.39, 0.29) is 11.5 Å². The summed E-state index contributed by atoms with van der Waals surface area (Å²) < 4.78 is 0. The van der Waals surface area contributed by atoms with Crippen molar-refractivity contribution >= 4 is 21.6 Å². The molecule has 2 heterocycles. The van der Waals surface area contributed by atoms with Gasteiger partial charge in [-0.3, -0.25) is 4.79 Å². The summed E-state index contributed by atoms with van der Waals surface area (Å²) in [5, 5.41) is 0.673. The molecule has 0 aliphatic carbocycles. The molecule has 0 aliphatic rings. The Hall–Kier alpha value is -3.50. The Bertz CT molecular complexity index is 1320. The molecule has 0 saturated heterocycles. The van der Waals surface area contributed by atoms with Crippen molar-refractivity contribution in [2.75, 3.05) is 0 Å². The molecule has 0 unspecified atom stereocenters. The average Bonchev–Trinajstić information content (AvgIpc) is 3.12. The Morgan fingerprint density at radius 2 is 1.33 bits per heavy atom. The van der Waals surface area contributed by atoms with E-state index in [2.05, 4.69) is 36.2 Å². The van der Waals surface area contributed by atoms with Crippen molar-refractivity contribution in [3.05, 3.63) is 123 Å². The third kappa shape index (κ3) is 3.25. The zero-order chi connectivity index (χ0) is 20.5. The van der Waals surface area contributed by atoms with Crippen LogP contribution in [0.3, 0.4) is 0 Å². The Balaban J connectivity index is 1.74. The number of aromatic nitrogens is 2. The highest BCUT2D eigenvalue weighted by Gasteiger charge is 2.22. The third-order valence-corrected chi connectivity index (χ3v) is 6.36. The molecule has 0 aliphatic heterocycles. The zero-order valence-corrected chi connectivity index (χ0v) is 17.3. The molecule has 0 saturated carbocycles. The fourth-order valence-electron chi connectivity index (χ4n) is 4.02. The van der Waals surface area contributed by atoms with Gasteiger partial charge in [0.05, 0.1) is 11.3 Å². The monoisotopic (exact) mass is 408 g/mol. The number of nitrogens with zero attached hydrogens (tertiary/aromatic N) is 1. The summed E-state index contributed by atoms with van der Waals surface area (Å²) in [7, 11) is 0. The van der Waals surface area contributed by atoms with E-state index in [0.29, 0.717) is 11.2 Å². The van der Waals surface area contributed by atoms with E-state index in [0.717, 1.165) is 32.0 Å². The number of hydrogen-bond acceptors (Lipinski definition) is 3. The maximum Gasteiger partial charge on any atom is 0.260 e. The molecule has 5 rings (SSSR count). The normalized spacial score (nSPS) is 11.3. The van der Waals surface area contributed by atoms with Crippen molar-refractivity contribution in [1.82, 2.24) is 9.97 Å². The molecule has 30 heavy (non-hydrogen) atoms. The predicted octanol–water partition coefficient (Wildman–Crippen LogP) is 6.14. The molecule has 0 bridgehead atoms. The highest BCUT2D eigenvalue weighted by molar-refractivity contribution is 7.19. The lowest BCUT2D eigenvalue weighted by molar-refractivity contribution is 0.860. The molecular formula is C26H20N2OS. The minimum Gasteiger partial charge on any atom is -0.309 e. The lowest BCUT2D eigenvalue weighted by atomic mass is 9.90. The van der Waals surface area contributed by atoms with Crippen LogP contribution in [0.15, 0.2) is 95.8 Å². The average molecular weight is 409 g/mol. The number of hydrogen-bond donors (Lipinski definition) is 1. The van der Waals surface area contributed by atoms with Crippen LogP contribution >= 0.6 is 11.3 Å². The van der Waals surface area contributed by atoms with Crippen LogP contribution in [0.1, 0.15) is 27.7 Å². The number of aryl methyl sites for hydroxylation is 1. The van der Waals surface area contributed by atoms with Crippen LogP contribution in [-0.2, 0) is 0 Å². The summed E-state index contributed by atoms with van der Waals surface area (Å²) in [6.45, 7) is 2.06. The van der Waals surface area contributed by atoms with Gasteiger partial charge < -0.3 is 4.98 Å². The molecule has 2 aromatic heterocycles. The summed E-state index contributed by atoms with van der Waals surface area (Å²) in [5.41, 5.74) is 4.14. The summed E-state index contributed by atoms with van der Waals surface area (Å²) in [4.78, 5) is 23.2.